The predicted molar refractivity (Wildman–Crippen MR) is 40.8 cm³/mol. The van der Waals surface area contributed by atoms with Gasteiger partial charge in [-0.3, -0.25) is 0 Å². The van der Waals surface area contributed by atoms with Crippen LogP contribution in [0.2, 0.25) is 0 Å². The van der Waals surface area contributed by atoms with Gasteiger partial charge in [0.2, 0.25) is 0 Å². The minimum Gasteiger partial charge on any atom is -0.330 e. The highest BCUT2D eigenvalue weighted by molar-refractivity contribution is 5.75. The van der Waals surface area contributed by atoms with Crippen molar-refractivity contribution in [3.63, 3.8) is 0 Å². The summed E-state index contributed by atoms with van der Waals surface area (Å²) in [5, 5.41) is 6.89. The van der Waals surface area contributed by atoms with Gasteiger partial charge >= 0.3 is 0 Å². The van der Waals surface area contributed by atoms with Crippen molar-refractivity contribution in [2.24, 2.45) is 5.73 Å². The fourth-order valence-electron chi connectivity index (χ4n) is 0.537. The molecule has 0 saturated carbocycles. The van der Waals surface area contributed by atoms with E-state index in [1.165, 1.54) is 11.8 Å². The van der Waals surface area contributed by atoms with Gasteiger partial charge in [-0.05, 0) is 32.4 Å². The first-order valence-electron chi connectivity index (χ1n) is 3.09. The Morgan fingerprint density at radius 1 is 1.56 bits per heavy atom. The van der Waals surface area contributed by atoms with Gasteiger partial charge in [0.05, 0.1) is 0 Å². The molecule has 52 valence electrons. The van der Waals surface area contributed by atoms with Crippen LogP contribution in [-0.4, -0.2) is 12.8 Å². The first-order valence-corrected chi connectivity index (χ1v) is 3.09. The molecule has 0 aromatic carbocycles. The smallest absolute Gasteiger partial charge is 0.0206 e. The standard InChI is InChI=1S/C7H14N2/c1-6(3-4-8)7(2)5-9/h5,9H,3-4,8H2,1-2H3/b7-6-,9-5?. The summed E-state index contributed by atoms with van der Waals surface area (Å²) in [4.78, 5) is 0. The Morgan fingerprint density at radius 2 is 2.11 bits per heavy atom. The molecule has 0 aliphatic rings. The fraction of sp³-hybridized carbons (Fsp3) is 0.571. The molecule has 0 saturated heterocycles. The van der Waals surface area contributed by atoms with Gasteiger partial charge in [-0.25, -0.2) is 0 Å². The molecule has 2 heteroatoms. The normalized spacial score (nSPS) is 12.8. The number of allylic oxidation sites excluding steroid dienone is 1. The molecular weight excluding hydrogens is 112 g/mol. The van der Waals surface area contributed by atoms with Gasteiger partial charge in [-0.1, -0.05) is 5.57 Å². The Hall–Kier alpha value is -0.630. The number of nitrogens with one attached hydrogen (secondary N) is 1. The highest BCUT2D eigenvalue weighted by Crippen LogP contribution is 2.03. The van der Waals surface area contributed by atoms with E-state index in [1.54, 1.807) is 0 Å². The molecule has 0 heterocycles. The van der Waals surface area contributed by atoms with Crippen LogP contribution in [0.1, 0.15) is 20.3 Å². The first-order chi connectivity index (χ1) is 4.22. The fourth-order valence-corrected chi connectivity index (χ4v) is 0.537. The van der Waals surface area contributed by atoms with Crippen LogP contribution in [0.5, 0.6) is 0 Å². The van der Waals surface area contributed by atoms with Crippen molar-refractivity contribution < 1.29 is 0 Å². The maximum Gasteiger partial charge on any atom is 0.0206 e. The lowest BCUT2D eigenvalue weighted by Crippen LogP contribution is -2.00. The van der Waals surface area contributed by atoms with Gasteiger partial charge < -0.3 is 11.1 Å². The van der Waals surface area contributed by atoms with Crippen LogP contribution in [0.4, 0.5) is 0 Å². The van der Waals surface area contributed by atoms with Gasteiger partial charge in [-0.15, -0.1) is 0 Å². The van der Waals surface area contributed by atoms with E-state index in [-0.39, 0.29) is 0 Å². The van der Waals surface area contributed by atoms with Crippen molar-refractivity contribution in [1.29, 1.82) is 5.41 Å². The van der Waals surface area contributed by atoms with E-state index in [1.807, 2.05) is 13.8 Å². The third kappa shape index (κ3) is 3.03. The minimum atomic E-state index is 0.678. The second-order valence-electron chi connectivity index (χ2n) is 2.15. The minimum absolute atomic E-state index is 0.678. The van der Waals surface area contributed by atoms with E-state index in [0.29, 0.717) is 6.54 Å². The van der Waals surface area contributed by atoms with Gasteiger partial charge in [0, 0.05) is 6.21 Å². The quantitative estimate of drug-likeness (QED) is 0.550. The molecule has 0 spiro atoms. The molecule has 0 aliphatic heterocycles. The largest absolute Gasteiger partial charge is 0.330 e. The molecule has 0 amide bonds. The predicted octanol–water partition coefficient (Wildman–Crippen LogP) is 1.32. The van der Waals surface area contributed by atoms with Crippen molar-refractivity contribution in [3.8, 4) is 0 Å². The van der Waals surface area contributed by atoms with E-state index in [4.69, 9.17) is 11.1 Å². The van der Waals surface area contributed by atoms with Crippen molar-refractivity contribution in [3.05, 3.63) is 11.1 Å². The molecule has 3 N–H and O–H groups in total. The summed E-state index contributed by atoms with van der Waals surface area (Å²) in [6.07, 6.45) is 2.27. The van der Waals surface area contributed by atoms with Crippen LogP contribution >= 0.6 is 0 Å². The number of nitrogens with two attached hydrogens (primary N) is 1. The van der Waals surface area contributed by atoms with Crippen molar-refractivity contribution in [1.82, 2.24) is 0 Å². The van der Waals surface area contributed by atoms with E-state index < -0.39 is 0 Å². The summed E-state index contributed by atoms with van der Waals surface area (Å²) in [6.45, 7) is 4.61. The number of hydrogen-bond acceptors (Lipinski definition) is 2. The Balaban J connectivity index is 3.93. The molecule has 0 rings (SSSR count). The molecule has 0 radical (unpaired) electrons. The lowest BCUT2D eigenvalue weighted by atomic mass is 10.1. The van der Waals surface area contributed by atoms with Crippen molar-refractivity contribution in [2.75, 3.05) is 6.54 Å². The third-order valence-corrected chi connectivity index (χ3v) is 1.41. The van der Waals surface area contributed by atoms with Gasteiger partial charge in [0.25, 0.3) is 0 Å². The van der Waals surface area contributed by atoms with Crippen LogP contribution in [-0.2, 0) is 0 Å². The highest BCUT2D eigenvalue weighted by Gasteiger charge is 1.90. The second-order valence-corrected chi connectivity index (χ2v) is 2.15. The summed E-state index contributed by atoms with van der Waals surface area (Å²) in [7, 11) is 0. The molecule has 0 bridgehead atoms. The Kier molecular flexibility index (Phi) is 3.97. The van der Waals surface area contributed by atoms with E-state index in [0.717, 1.165) is 12.0 Å². The molecule has 2 nitrogen and oxygen atoms in total. The number of rotatable bonds is 3. The molecule has 0 aromatic rings. The van der Waals surface area contributed by atoms with Crippen LogP contribution in [0.3, 0.4) is 0 Å². The zero-order chi connectivity index (χ0) is 7.28. The van der Waals surface area contributed by atoms with E-state index in [9.17, 15) is 0 Å². The van der Waals surface area contributed by atoms with Gasteiger partial charge in [0.15, 0.2) is 0 Å². The Bertz CT molecular complexity index is 125. The molecule has 0 aromatic heterocycles. The maximum atomic E-state index is 6.89. The molecule has 0 unspecified atom stereocenters. The lowest BCUT2D eigenvalue weighted by molar-refractivity contribution is 0.942. The molecule has 0 atom stereocenters. The van der Waals surface area contributed by atoms with Gasteiger partial charge in [0.1, 0.15) is 0 Å². The average Bonchev–Trinajstić information content (AvgIpc) is 1.87. The molecule has 0 fully saturated rings. The third-order valence-electron chi connectivity index (χ3n) is 1.41. The van der Waals surface area contributed by atoms with Crippen molar-refractivity contribution >= 4 is 6.21 Å². The van der Waals surface area contributed by atoms with Crippen LogP contribution in [0.15, 0.2) is 11.1 Å². The topological polar surface area (TPSA) is 49.9 Å². The second kappa shape index (κ2) is 4.27. The van der Waals surface area contributed by atoms with E-state index in [2.05, 4.69) is 0 Å². The summed E-state index contributed by atoms with van der Waals surface area (Å²) in [5.41, 5.74) is 7.56. The first kappa shape index (κ1) is 8.37. The van der Waals surface area contributed by atoms with Crippen LogP contribution < -0.4 is 5.73 Å². The molecular formula is C7H14N2. The Labute approximate surface area is 56.3 Å². The zero-order valence-electron chi connectivity index (χ0n) is 6.07. The summed E-state index contributed by atoms with van der Waals surface area (Å²) < 4.78 is 0. The Morgan fingerprint density at radius 3 is 2.44 bits per heavy atom. The van der Waals surface area contributed by atoms with Gasteiger partial charge in [-0.2, -0.15) is 0 Å². The summed E-state index contributed by atoms with van der Waals surface area (Å²) in [5.74, 6) is 0. The van der Waals surface area contributed by atoms with E-state index >= 15 is 0 Å². The summed E-state index contributed by atoms with van der Waals surface area (Å²) in [6, 6.07) is 0. The van der Waals surface area contributed by atoms with Crippen LogP contribution in [0, 0.1) is 5.41 Å². The number of hydrogen-bond donors (Lipinski definition) is 2. The summed E-state index contributed by atoms with van der Waals surface area (Å²) >= 11 is 0. The molecule has 9 heavy (non-hydrogen) atoms. The maximum absolute atomic E-state index is 6.89. The highest BCUT2D eigenvalue weighted by atomic mass is 14.5. The monoisotopic (exact) mass is 126 g/mol. The zero-order valence-corrected chi connectivity index (χ0v) is 6.07. The molecule has 0 aliphatic carbocycles. The SMILES string of the molecule is C/C(C=N)=C(\C)CCN. The van der Waals surface area contributed by atoms with Crippen molar-refractivity contribution in [2.45, 2.75) is 20.3 Å². The average molecular weight is 126 g/mol. The van der Waals surface area contributed by atoms with Crippen LogP contribution in [0.25, 0.3) is 0 Å². The lowest BCUT2D eigenvalue weighted by Gasteiger charge is -1.98.